The van der Waals surface area contributed by atoms with E-state index in [2.05, 4.69) is 32.5 Å². The zero-order valence-corrected chi connectivity index (χ0v) is 7.15. The molecule has 53 valence electrons. The van der Waals surface area contributed by atoms with Crippen LogP contribution in [0.4, 0.5) is 0 Å². The van der Waals surface area contributed by atoms with Crippen LogP contribution in [0.25, 0.3) is 0 Å². The SMILES string of the molecule is CC(C)(S)c1[c]cccc1. The van der Waals surface area contributed by atoms with Gasteiger partial charge in [0.25, 0.3) is 0 Å². The molecular formula is C9H11S. The second-order valence-electron chi connectivity index (χ2n) is 2.84. The zero-order chi connectivity index (χ0) is 7.61. The molecule has 0 atom stereocenters. The van der Waals surface area contributed by atoms with Crippen LogP contribution in [0.1, 0.15) is 19.4 Å². The Morgan fingerprint density at radius 2 is 2.10 bits per heavy atom. The minimum absolute atomic E-state index is 0.0682. The Labute approximate surface area is 67.7 Å². The number of rotatable bonds is 1. The number of hydrogen-bond donors (Lipinski definition) is 1. The molecule has 10 heavy (non-hydrogen) atoms. The summed E-state index contributed by atoms with van der Waals surface area (Å²) in [6.45, 7) is 4.11. The van der Waals surface area contributed by atoms with Gasteiger partial charge in [-0.1, -0.05) is 24.3 Å². The summed E-state index contributed by atoms with van der Waals surface area (Å²) in [7, 11) is 0. The van der Waals surface area contributed by atoms with E-state index in [1.54, 1.807) is 0 Å². The molecule has 0 aliphatic heterocycles. The molecule has 0 fully saturated rings. The highest BCUT2D eigenvalue weighted by Crippen LogP contribution is 2.25. The van der Waals surface area contributed by atoms with Gasteiger partial charge in [-0.05, 0) is 25.5 Å². The standard InChI is InChI=1S/C9H11S/c1-9(2,10)8-6-4-3-5-7-8/h3-6,10H,1-2H3. The van der Waals surface area contributed by atoms with Crippen LogP contribution in [0.5, 0.6) is 0 Å². The van der Waals surface area contributed by atoms with E-state index in [1.165, 1.54) is 0 Å². The number of benzene rings is 1. The highest BCUT2D eigenvalue weighted by atomic mass is 32.1. The van der Waals surface area contributed by atoms with E-state index in [9.17, 15) is 0 Å². The summed E-state index contributed by atoms with van der Waals surface area (Å²) in [5.41, 5.74) is 1.14. The highest BCUT2D eigenvalue weighted by molar-refractivity contribution is 7.81. The fourth-order valence-corrected chi connectivity index (χ4v) is 0.913. The van der Waals surface area contributed by atoms with Gasteiger partial charge in [-0.3, -0.25) is 0 Å². The van der Waals surface area contributed by atoms with Crippen molar-refractivity contribution in [2.24, 2.45) is 0 Å². The van der Waals surface area contributed by atoms with E-state index in [0.29, 0.717) is 0 Å². The Kier molecular flexibility index (Phi) is 2.05. The van der Waals surface area contributed by atoms with Crippen molar-refractivity contribution in [2.75, 3.05) is 0 Å². The Morgan fingerprint density at radius 3 is 2.40 bits per heavy atom. The van der Waals surface area contributed by atoms with Gasteiger partial charge in [0.05, 0.1) is 0 Å². The normalized spacial score (nSPS) is 11.5. The lowest BCUT2D eigenvalue weighted by molar-refractivity contribution is 0.790. The molecule has 1 radical (unpaired) electrons. The smallest absolute Gasteiger partial charge is 0.0328 e. The van der Waals surface area contributed by atoms with Gasteiger partial charge in [0.1, 0.15) is 0 Å². The molecule has 1 heteroatoms. The van der Waals surface area contributed by atoms with Crippen LogP contribution in [0.3, 0.4) is 0 Å². The maximum absolute atomic E-state index is 4.41. The highest BCUT2D eigenvalue weighted by Gasteiger charge is 2.12. The molecule has 1 aromatic rings. The summed E-state index contributed by atoms with van der Waals surface area (Å²) < 4.78 is -0.0682. The first-order valence-corrected chi connectivity index (χ1v) is 3.75. The van der Waals surface area contributed by atoms with Gasteiger partial charge in [0, 0.05) is 4.75 Å². The average molecular weight is 151 g/mol. The minimum Gasteiger partial charge on any atom is -0.168 e. The van der Waals surface area contributed by atoms with Crippen molar-refractivity contribution in [3.63, 3.8) is 0 Å². The summed E-state index contributed by atoms with van der Waals surface area (Å²) in [4.78, 5) is 0. The lowest BCUT2D eigenvalue weighted by Crippen LogP contribution is -2.06. The van der Waals surface area contributed by atoms with Crippen LogP contribution < -0.4 is 0 Å². The van der Waals surface area contributed by atoms with Crippen molar-refractivity contribution < 1.29 is 0 Å². The maximum Gasteiger partial charge on any atom is 0.0328 e. The zero-order valence-electron chi connectivity index (χ0n) is 6.26. The summed E-state index contributed by atoms with van der Waals surface area (Å²) in [6.07, 6.45) is 0. The van der Waals surface area contributed by atoms with Gasteiger partial charge >= 0.3 is 0 Å². The molecule has 0 bridgehead atoms. The van der Waals surface area contributed by atoms with Gasteiger partial charge in [0.2, 0.25) is 0 Å². The molecule has 1 aromatic carbocycles. The van der Waals surface area contributed by atoms with Crippen molar-refractivity contribution in [1.29, 1.82) is 0 Å². The fraction of sp³-hybridized carbons (Fsp3) is 0.333. The van der Waals surface area contributed by atoms with E-state index in [-0.39, 0.29) is 4.75 Å². The molecule has 0 heterocycles. The summed E-state index contributed by atoms with van der Waals surface area (Å²) >= 11 is 4.41. The number of hydrogen-bond acceptors (Lipinski definition) is 1. The molecule has 0 nitrogen and oxygen atoms in total. The number of thiol groups is 1. The molecule has 0 unspecified atom stereocenters. The van der Waals surface area contributed by atoms with Crippen molar-refractivity contribution >= 4 is 12.6 Å². The first kappa shape index (κ1) is 7.67. The van der Waals surface area contributed by atoms with Crippen molar-refractivity contribution in [3.05, 3.63) is 35.9 Å². The molecule has 0 spiro atoms. The van der Waals surface area contributed by atoms with Crippen LogP contribution in [0, 0.1) is 6.07 Å². The van der Waals surface area contributed by atoms with Crippen LogP contribution in [0.2, 0.25) is 0 Å². The molecule has 1 rings (SSSR count). The first-order chi connectivity index (χ1) is 4.61. The molecule has 0 saturated carbocycles. The molecule has 0 saturated heterocycles. The fourth-order valence-electron chi connectivity index (χ4n) is 0.774. The van der Waals surface area contributed by atoms with Crippen LogP contribution >= 0.6 is 12.6 Å². The van der Waals surface area contributed by atoms with E-state index in [0.717, 1.165) is 5.56 Å². The van der Waals surface area contributed by atoms with Crippen LogP contribution in [0.15, 0.2) is 24.3 Å². The lowest BCUT2D eigenvalue weighted by Gasteiger charge is -2.16. The van der Waals surface area contributed by atoms with Crippen molar-refractivity contribution in [1.82, 2.24) is 0 Å². The van der Waals surface area contributed by atoms with E-state index in [4.69, 9.17) is 0 Å². The van der Waals surface area contributed by atoms with E-state index in [1.807, 2.05) is 24.3 Å². The third-order valence-electron chi connectivity index (χ3n) is 1.37. The molecule has 0 amide bonds. The Morgan fingerprint density at radius 1 is 1.40 bits per heavy atom. The molecule has 0 aliphatic carbocycles. The quantitative estimate of drug-likeness (QED) is 0.586. The Balaban J connectivity index is 2.97. The van der Waals surface area contributed by atoms with Gasteiger partial charge in [-0.2, -0.15) is 12.6 Å². The predicted molar refractivity (Wildman–Crippen MR) is 47.3 cm³/mol. The van der Waals surface area contributed by atoms with E-state index < -0.39 is 0 Å². The topological polar surface area (TPSA) is 0 Å². The summed E-state index contributed by atoms with van der Waals surface area (Å²) in [5, 5.41) is 0. The maximum atomic E-state index is 4.41. The second-order valence-corrected chi connectivity index (χ2v) is 3.95. The summed E-state index contributed by atoms with van der Waals surface area (Å²) in [6, 6.07) is 11.0. The van der Waals surface area contributed by atoms with Gasteiger partial charge in [0.15, 0.2) is 0 Å². The average Bonchev–Trinajstić information content (AvgIpc) is 1.88. The van der Waals surface area contributed by atoms with Gasteiger partial charge < -0.3 is 0 Å². The molecular weight excluding hydrogens is 140 g/mol. The first-order valence-electron chi connectivity index (χ1n) is 3.30. The molecule has 0 aromatic heterocycles. The van der Waals surface area contributed by atoms with Crippen molar-refractivity contribution in [3.8, 4) is 0 Å². The lowest BCUT2D eigenvalue weighted by atomic mass is 10.0. The summed E-state index contributed by atoms with van der Waals surface area (Å²) in [5.74, 6) is 0. The van der Waals surface area contributed by atoms with Crippen LogP contribution in [-0.2, 0) is 4.75 Å². The third kappa shape index (κ3) is 1.77. The largest absolute Gasteiger partial charge is 0.168 e. The second kappa shape index (κ2) is 2.67. The Bertz CT molecular complexity index is 196. The van der Waals surface area contributed by atoms with Crippen molar-refractivity contribution in [2.45, 2.75) is 18.6 Å². The predicted octanol–water partition coefficient (Wildman–Crippen LogP) is 2.65. The molecule has 0 N–H and O–H groups in total. The Hall–Kier alpha value is -0.430. The van der Waals surface area contributed by atoms with E-state index >= 15 is 0 Å². The molecule has 0 aliphatic rings. The minimum atomic E-state index is -0.0682. The van der Waals surface area contributed by atoms with Gasteiger partial charge in [-0.15, -0.1) is 0 Å². The van der Waals surface area contributed by atoms with Gasteiger partial charge in [-0.25, -0.2) is 0 Å². The van der Waals surface area contributed by atoms with Crippen LogP contribution in [-0.4, -0.2) is 0 Å². The monoisotopic (exact) mass is 151 g/mol. The third-order valence-corrected chi connectivity index (χ3v) is 1.61.